The number of benzene rings is 1. The van der Waals surface area contributed by atoms with E-state index >= 15 is 0 Å². The number of likely N-dealkylation sites (N-methyl/N-ethyl adjacent to an activating group) is 1. The lowest BCUT2D eigenvalue weighted by Crippen LogP contribution is -2.31. The molecule has 2 rings (SSSR count). The van der Waals surface area contributed by atoms with Crippen molar-refractivity contribution >= 4 is 0 Å². The highest BCUT2D eigenvalue weighted by Gasteiger charge is 2.14. The summed E-state index contributed by atoms with van der Waals surface area (Å²) < 4.78 is 5.96. The lowest BCUT2D eigenvalue weighted by Gasteiger charge is -2.18. The van der Waals surface area contributed by atoms with Crippen LogP contribution in [0.2, 0.25) is 0 Å². The Labute approximate surface area is 181 Å². The molecule has 0 aliphatic carbocycles. The van der Waals surface area contributed by atoms with Crippen molar-refractivity contribution in [3.05, 3.63) is 45.4 Å². The fourth-order valence-electron chi connectivity index (χ4n) is 3.55. The Hall–Kier alpha value is -2.18. The van der Waals surface area contributed by atoms with Crippen LogP contribution in [-0.4, -0.2) is 47.7 Å². The van der Waals surface area contributed by atoms with Crippen LogP contribution >= 0.6 is 0 Å². The molecule has 30 heavy (non-hydrogen) atoms. The standard InChI is InChI=1S/C24H38N4O2/c1-6-15-30-22-12-11-18(17-25-13-14-28(9-4)10-5)16-20(22)23-26-21(8-3)19(7-2)24(29)27-23/h11-12,16,25H,6-10,13-15,17H2,1-5H3,(H,26,27,29). The fourth-order valence-corrected chi connectivity index (χ4v) is 3.55. The van der Waals surface area contributed by atoms with Gasteiger partial charge in [-0.25, -0.2) is 4.98 Å². The van der Waals surface area contributed by atoms with E-state index in [9.17, 15) is 4.79 Å². The van der Waals surface area contributed by atoms with Gasteiger partial charge < -0.3 is 19.9 Å². The van der Waals surface area contributed by atoms with E-state index in [2.05, 4.69) is 48.1 Å². The summed E-state index contributed by atoms with van der Waals surface area (Å²) in [6.45, 7) is 16.0. The molecule has 1 aromatic carbocycles. The second-order valence-electron chi connectivity index (χ2n) is 7.43. The van der Waals surface area contributed by atoms with Crippen molar-refractivity contribution in [3.63, 3.8) is 0 Å². The van der Waals surface area contributed by atoms with Gasteiger partial charge in [-0.3, -0.25) is 4.79 Å². The predicted molar refractivity (Wildman–Crippen MR) is 124 cm³/mol. The van der Waals surface area contributed by atoms with Gasteiger partial charge in [0, 0.05) is 25.2 Å². The number of H-pyrrole nitrogens is 1. The first kappa shape index (κ1) is 24.1. The van der Waals surface area contributed by atoms with Gasteiger partial charge in [0.1, 0.15) is 11.6 Å². The van der Waals surface area contributed by atoms with Crippen LogP contribution in [0.25, 0.3) is 11.4 Å². The molecule has 0 bridgehead atoms. The molecule has 0 radical (unpaired) electrons. The van der Waals surface area contributed by atoms with E-state index in [-0.39, 0.29) is 5.56 Å². The van der Waals surface area contributed by atoms with Crippen LogP contribution < -0.4 is 15.6 Å². The highest BCUT2D eigenvalue weighted by atomic mass is 16.5. The Bertz CT molecular complexity index is 844. The average Bonchev–Trinajstić information content (AvgIpc) is 2.77. The molecular formula is C24H38N4O2. The Balaban J connectivity index is 2.28. The maximum absolute atomic E-state index is 12.6. The van der Waals surface area contributed by atoms with Gasteiger partial charge in [-0.1, -0.05) is 40.7 Å². The molecule has 0 unspecified atom stereocenters. The van der Waals surface area contributed by atoms with Crippen LogP contribution in [0.5, 0.6) is 5.75 Å². The van der Waals surface area contributed by atoms with Crippen LogP contribution in [0.15, 0.2) is 23.0 Å². The van der Waals surface area contributed by atoms with E-state index in [4.69, 9.17) is 9.72 Å². The largest absolute Gasteiger partial charge is 0.493 e. The van der Waals surface area contributed by atoms with Crippen molar-refractivity contribution in [1.29, 1.82) is 0 Å². The lowest BCUT2D eigenvalue weighted by molar-refractivity contribution is 0.302. The number of rotatable bonds is 13. The Kier molecular flexibility index (Phi) is 10.0. The quantitative estimate of drug-likeness (QED) is 0.488. The van der Waals surface area contributed by atoms with Crippen LogP contribution in [0.1, 0.15) is 57.9 Å². The average molecular weight is 415 g/mol. The third-order valence-corrected chi connectivity index (χ3v) is 5.38. The van der Waals surface area contributed by atoms with E-state index in [0.29, 0.717) is 18.9 Å². The molecule has 0 amide bonds. The molecule has 1 heterocycles. The third kappa shape index (κ3) is 6.41. The first-order valence-electron chi connectivity index (χ1n) is 11.4. The van der Waals surface area contributed by atoms with E-state index in [1.807, 2.05) is 19.9 Å². The molecule has 6 heteroatoms. The molecule has 0 aliphatic heterocycles. The molecule has 0 saturated carbocycles. The summed E-state index contributed by atoms with van der Waals surface area (Å²) in [5.74, 6) is 1.35. The molecule has 0 atom stereocenters. The summed E-state index contributed by atoms with van der Waals surface area (Å²) in [5.41, 5.74) is 3.57. The van der Waals surface area contributed by atoms with E-state index in [1.165, 1.54) is 0 Å². The van der Waals surface area contributed by atoms with Gasteiger partial charge in [0.15, 0.2) is 0 Å². The fraction of sp³-hybridized carbons (Fsp3) is 0.583. The number of aromatic nitrogens is 2. The van der Waals surface area contributed by atoms with Crippen molar-refractivity contribution in [1.82, 2.24) is 20.2 Å². The molecule has 0 saturated heterocycles. The summed E-state index contributed by atoms with van der Waals surface area (Å²) in [4.78, 5) is 22.8. The summed E-state index contributed by atoms with van der Waals surface area (Å²) in [5, 5.41) is 3.52. The summed E-state index contributed by atoms with van der Waals surface area (Å²) in [6, 6.07) is 6.16. The van der Waals surface area contributed by atoms with Crippen molar-refractivity contribution in [2.24, 2.45) is 0 Å². The zero-order valence-electron chi connectivity index (χ0n) is 19.3. The van der Waals surface area contributed by atoms with E-state index < -0.39 is 0 Å². The molecule has 2 N–H and O–H groups in total. The van der Waals surface area contributed by atoms with Gasteiger partial charge in [0.2, 0.25) is 0 Å². The van der Waals surface area contributed by atoms with Crippen LogP contribution in [-0.2, 0) is 19.4 Å². The van der Waals surface area contributed by atoms with Gasteiger partial charge in [0.25, 0.3) is 5.56 Å². The highest BCUT2D eigenvalue weighted by Crippen LogP contribution is 2.29. The zero-order chi connectivity index (χ0) is 21.9. The number of ether oxygens (including phenoxy) is 1. The minimum atomic E-state index is -0.0523. The predicted octanol–water partition coefficient (Wildman–Crippen LogP) is 3.78. The zero-order valence-corrected chi connectivity index (χ0v) is 19.3. The van der Waals surface area contributed by atoms with Crippen LogP contribution in [0, 0.1) is 0 Å². The molecule has 0 spiro atoms. The van der Waals surface area contributed by atoms with Crippen molar-refractivity contribution in [2.75, 3.05) is 32.8 Å². The molecule has 2 aromatic rings. The maximum Gasteiger partial charge on any atom is 0.254 e. The summed E-state index contributed by atoms with van der Waals surface area (Å²) >= 11 is 0. The van der Waals surface area contributed by atoms with Gasteiger partial charge in [-0.05, 0) is 50.0 Å². The number of nitrogens with zero attached hydrogens (tertiary/aromatic N) is 2. The van der Waals surface area contributed by atoms with Crippen molar-refractivity contribution in [2.45, 2.75) is 60.4 Å². The Morgan fingerprint density at radius 3 is 2.50 bits per heavy atom. The minimum Gasteiger partial charge on any atom is -0.493 e. The van der Waals surface area contributed by atoms with E-state index in [1.54, 1.807) is 0 Å². The van der Waals surface area contributed by atoms with Gasteiger partial charge in [-0.2, -0.15) is 0 Å². The number of hydrogen-bond donors (Lipinski definition) is 2. The van der Waals surface area contributed by atoms with Crippen molar-refractivity contribution < 1.29 is 4.74 Å². The number of aromatic amines is 1. The molecule has 6 nitrogen and oxygen atoms in total. The molecular weight excluding hydrogens is 376 g/mol. The number of hydrogen-bond acceptors (Lipinski definition) is 5. The Morgan fingerprint density at radius 2 is 1.87 bits per heavy atom. The lowest BCUT2D eigenvalue weighted by atomic mass is 10.1. The Morgan fingerprint density at radius 1 is 1.10 bits per heavy atom. The van der Waals surface area contributed by atoms with Gasteiger partial charge >= 0.3 is 0 Å². The molecule has 0 fully saturated rings. The topological polar surface area (TPSA) is 70.2 Å². The first-order valence-corrected chi connectivity index (χ1v) is 11.4. The third-order valence-electron chi connectivity index (χ3n) is 5.38. The molecule has 0 aliphatic rings. The van der Waals surface area contributed by atoms with E-state index in [0.717, 1.165) is 73.7 Å². The summed E-state index contributed by atoms with van der Waals surface area (Å²) in [6.07, 6.45) is 2.34. The second kappa shape index (κ2) is 12.5. The van der Waals surface area contributed by atoms with Gasteiger partial charge in [0.05, 0.1) is 17.9 Å². The first-order chi connectivity index (χ1) is 14.6. The highest BCUT2D eigenvalue weighted by molar-refractivity contribution is 5.65. The monoisotopic (exact) mass is 414 g/mol. The second-order valence-corrected chi connectivity index (χ2v) is 7.43. The normalized spacial score (nSPS) is 11.3. The SMILES string of the molecule is CCCOc1ccc(CNCCN(CC)CC)cc1-c1nc(CC)c(CC)c(=O)[nH]1. The van der Waals surface area contributed by atoms with Gasteiger partial charge in [-0.15, -0.1) is 0 Å². The van der Waals surface area contributed by atoms with Crippen molar-refractivity contribution in [3.8, 4) is 17.1 Å². The maximum atomic E-state index is 12.6. The number of aryl methyl sites for hydroxylation is 1. The molecule has 166 valence electrons. The smallest absolute Gasteiger partial charge is 0.254 e. The summed E-state index contributed by atoms with van der Waals surface area (Å²) in [7, 11) is 0. The van der Waals surface area contributed by atoms with Crippen LogP contribution in [0.4, 0.5) is 0 Å². The minimum absolute atomic E-state index is 0.0523. The molecule has 1 aromatic heterocycles. The van der Waals surface area contributed by atoms with Crippen LogP contribution in [0.3, 0.4) is 0 Å². The number of nitrogens with one attached hydrogen (secondary N) is 2.